The van der Waals surface area contributed by atoms with Gasteiger partial charge in [-0.05, 0) is 39.2 Å². The Kier molecular flexibility index (Phi) is 5.87. The van der Waals surface area contributed by atoms with Gasteiger partial charge in [0.1, 0.15) is 0 Å². The molecule has 1 nitrogen and oxygen atoms in total. The van der Waals surface area contributed by atoms with Gasteiger partial charge in [0, 0.05) is 17.4 Å². The van der Waals surface area contributed by atoms with E-state index in [1.54, 1.807) is 0 Å². The number of ether oxygens (including phenoxy) is 1. The van der Waals surface area contributed by atoms with Crippen molar-refractivity contribution >= 4 is 15.9 Å². The van der Waals surface area contributed by atoms with E-state index in [9.17, 15) is 0 Å². The van der Waals surface area contributed by atoms with Crippen molar-refractivity contribution < 1.29 is 4.74 Å². The molecule has 102 valence electrons. The molecule has 0 bridgehead atoms. The highest BCUT2D eigenvalue weighted by atomic mass is 79.9. The van der Waals surface area contributed by atoms with E-state index in [-0.39, 0.29) is 11.0 Å². The Hall–Kier alpha value is -0.340. The van der Waals surface area contributed by atoms with Gasteiger partial charge in [-0.2, -0.15) is 0 Å². The summed E-state index contributed by atoms with van der Waals surface area (Å²) < 4.78 is 5.89. The van der Waals surface area contributed by atoms with Crippen LogP contribution < -0.4 is 0 Å². The van der Waals surface area contributed by atoms with Crippen LogP contribution in [0.25, 0.3) is 0 Å². The molecule has 0 aliphatic rings. The maximum Gasteiger partial charge on any atom is 0.0598 e. The van der Waals surface area contributed by atoms with Crippen molar-refractivity contribution in [1.82, 2.24) is 0 Å². The third kappa shape index (κ3) is 4.40. The summed E-state index contributed by atoms with van der Waals surface area (Å²) >= 11 is 3.70. The zero-order chi connectivity index (χ0) is 13.6. The zero-order valence-electron chi connectivity index (χ0n) is 12.0. The second kappa shape index (κ2) is 6.72. The van der Waals surface area contributed by atoms with E-state index >= 15 is 0 Å². The second-order valence-electron chi connectivity index (χ2n) is 5.84. The normalized spacial score (nSPS) is 15.4. The van der Waals surface area contributed by atoms with E-state index in [4.69, 9.17) is 4.74 Å². The fraction of sp³-hybridized carbons (Fsp3) is 0.625. The van der Waals surface area contributed by atoms with Gasteiger partial charge in [0.2, 0.25) is 0 Å². The summed E-state index contributed by atoms with van der Waals surface area (Å²) in [4.78, 5) is 0. The fourth-order valence-electron chi connectivity index (χ4n) is 2.11. The first-order valence-corrected chi connectivity index (χ1v) is 7.81. The number of benzene rings is 1. The quantitative estimate of drug-likeness (QED) is 0.676. The van der Waals surface area contributed by atoms with Crippen molar-refractivity contribution in [3.8, 4) is 0 Å². The minimum atomic E-state index is -0.0531. The van der Waals surface area contributed by atoms with Crippen LogP contribution in [-0.4, -0.2) is 17.5 Å². The van der Waals surface area contributed by atoms with Gasteiger partial charge < -0.3 is 4.74 Å². The van der Waals surface area contributed by atoms with Gasteiger partial charge in [0.05, 0.1) is 5.60 Å². The summed E-state index contributed by atoms with van der Waals surface area (Å²) in [5, 5.41) is 0.980. The first kappa shape index (κ1) is 15.7. The first-order valence-electron chi connectivity index (χ1n) is 6.69. The number of hydrogen-bond donors (Lipinski definition) is 0. The third-order valence-corrected chi connectivity index (χ3v) is 4.51. The number of halogens is 1. The molecule has 0 N–H and O–H groups in total. The first-order chi connectivity index (χ1) is 8.43. The molecule has 0 aromatic heterocycles. The molecule has 0 spiro atoms. The monoisotopic (exact) mass is 312 g/mol. The van der Waals surface area contributed by atoms with Gasteiger partial charge >= 0.3 is 0 Å². The van der Waals surface area contributed by atoms with Gasteiger partial charge in [0.15, 0.2) is 0 Å². The number of hydrogen-bond acceptors (Lipinski definition) is 1. The standard InChI is InChI=1S/C16H25BrO/c1-5-16(13-17,11-12-18-15(2,3)4)14-9-7-6-8-10-14/h6-10H,5,11-13H2,1-4H3. The zero-order valence-corrected chi connectivity index (χ0v) is 13.6. The molecule has 1 rings (SSSR count). The molecule has 1 aromatic carbocycles. The molecule has 0 amide bonds. The molecule has 1 aromatic rings. The Bertz CT molecular complexity index is 336. The largest absolute Gasteiger partial charge is 0.376 e. The highest BCUT2D eigenvalue weighted by Gasteiger charge is 2.29. The second-order valence-corrected chi connectivity index (χ2v) is 6.41. The highest BCUT2D eigenvalue weighted by molar-refractivity contribution is 9.09. The summed E-state index contributed by atoms with van der Waals surface area (Å²) in [6, 6.07) is 10.8. The van der Waals surface area contributed by atoms with Crippen LogP contribution in [-0.2, 0) is 10.2 Å². The van der Waals surface area contributed by atoms with Crippen molar-refractivity contribution in [3.63, 3.8) is 0 Å². The Morgan fingerprint density at radius 2 is 1.72 bits per heavy atom. The number of rotatable bonds is 6. The van der Waals surface area contributed by atoms with E-state index < -0.39 is 0 Å². The van der Waals surface area contributed by atoms with Crippen molar-refractivity contribution in [2.45, 2.75) is 51.6 Å². The maximum atomic E-state index is 5.89. The van der Waals surface area contributed by atoms with E-state index in [1.165, 1.54) is 5.56 Å². The van der Waals surface area contributed by atoms with Gasteiger partial charge in [-0.25, -0.2) is 0 Å². The average Bonchev–Trinajstić information content (AvgIpc) is 2.35. The summed E-state index contributed by atoms with van der Waals surface area (Å²) in [5.41, 5.74) is 1.54. The molecule has 0 saturated heterocycles. The van der Waals surface area contributed by atoms with Gasteiger partial charge in [0.25, 0.3) is 0 Å². The summed E-state index contributed by atoms with van der Waals surface area (Å²) in [6.07, 6.45) is 2.17. The van der Waals surface area contributed by atoms with Crippen molar-refractivity contribution in [1.29, 1.82) is 0 Å². The third-order valence-electron chi connectivity index (χ3n) is 3.43. The lowest BCUT2D eigenvalue weighted by atomic mass is 9.77. The Labute approximate surface area is 120 Å². The molecule has 0 heterocycles. The van der Waals surface area contributed by atoms with E-state index in [0.717, 1.165) is 24.8 Å². The van der Waals surface area contributed by atoms with Crippen LogP contribution in [0.15, 0.2) is 30.3 Å². The molecule has 0 aliphatic carbocycles. The van der Waals surface area contributed by atoms with Crippen LogP contribution >= 0.6 is 15.9 Å². The summed E-state index contributed by atoms with van der Waals surface area (Å²) in [5.74, 6) is 0. The van der Waals surface area contributed by atoms with Gasteiger partial charge in [-0.15, -0.1) is 0 Å². The molecule has 1 unspecified atom stereocenters. The van der Waals surface area contributed by atoms with E-state index in [1.807, 2.05) is 0 Å². The van der Waals surface area contributed by atoms with Crippen LogP contribution in [0.4, 0.5) is 0 Å². The van der Waals surface area contributed by atoms with Crippen molar-refractivity contribution in [2.24, 2.45) is 0 Å². The molecule has 0 radical (unpaired) electrons. The molecule has 1 atom stereocenters. The maximum absolute atomic E-state index is 5.89. The SMILES string of the molecule is CCC(CBr)(CCOC(C)(C)C)c1ccccc1. The van der Waals surface area contributed by atoms with Gasteiger partial charge in [-0.3, -0.25) is 0 Å². The Balaban J connectivity index is 2.76. The lowest BCUT2D eigenvalue weighted by molar-refractivity contribution is -0.0108. The van der Waals surface area contributed by atoms with Gasteiger partial charge in [-0.1, -0.05) is 53.2 Å². The molecular formula is C16H25BrO. The minimum Gasteiger partial charge on any atom is -0.376 e. The van der Waals surface area contributed by atoms with Crippen LogP contribution in [0.2, 0.25) is 0 Å². The van der Waals surface area contributed by atoms with Crippen LogP contribution in [0.1, 0.15) is 46.1 Å². The van der Waals surface area contributed by atoms with Crippen molar-refractivity contribution in [3.05, 3.63) is 35.9 Å². The minimum absolute atomic E-state index is 0.0531. The summed E-state index contributed by atoms with van der Waals surface area (Å²) in [7, 11) is 0. The smallest absolute Gasteiger partial charge is 0.0598 e. The lowest BCUT2D eigenvalue weighted by Crippen LogP contribution is -2.31. The van der Waals surface area contributed by atoms with Crippen molar-refractivity contribution in [2.75, 3.05) is 11.9 Å². The number of alkyl halides is 1. The average molecular weight is 313 g/mol. The van der Waals surface area contributed by atoms with Crippen LogP contribution in [0, 0.1) is 0 Å². The van der Waals surface area contributed by atoms with Crippen LogP contribution in [0.3, 0.4) is 0 Å². The Morgan fingerprint density at radius 1 is 1.11 bits per heavy atom. The molecule has 18 heavy (non-hydrogen) atoms. The molecular weight excluding hydrogens is 288 g/mol. The predicted octanol–water partition coefficient (Wildman–Crippen LogP) is 4.93. The summed E-state index contributed by atoms with van der Waals surface area (Å²) in [6.45, 7) is 9.38. The van der Waals surface area contributed by atoms with E-state index in [0.29, 0.717) is 0 Å². The molecule has 0 fully saturated rings. The topological polar surface area (TPSA) is 9.23 Å². The van der Waals surface area contributed by atoms with Crippen LogP contribution in [0.5, 0.6) is 0 Å². The Morgan fingerprint density at radius 3 is 2.17 bits per heavy atom. The van der Waals surface area contributed by atoms with E-state index in [2.05, 4.69) is 74.0 Å². The molecule has 2 heteroatoms. The predicted molar refractivity (Wildman–Crippen MR) is 82.5 cm³/mol. The molecule has 0 aliphatic heterocycles. The lowest BCUT2D eigenvalue weighted by Gasteiger charge is -2.33. The highest BCUT2D eigenvalue weighted by Crippen LogP contribution is 2.34. The molecule has 0 saturated carbocycles. The fourth-order valence-corrected chi connectivity index (χ4v) is 3.11.